The first-order valence-electron chi connectivity index (χ1n) is 7.43. The molecule has 1 aromatic carbocycles. The van der Waals surface area contributed by atoms with E-state index in [4.69, 9.17) is 5.73 Å². The zero-order valence-electron chi connectivity index (χ0n) is 12.8. The van der Waals surface area contributed by atoms with Crippen molar-refractivity contribution in [2.75, 3.05) is 7.05 Å². The minimum atomic E-state index is -0.125. The Balaban J connectivity index is 0.00000242. The topological polar surface area (TPSA) is 84.2 Å². The Morgan fingerprint density at radius 2 is 2.09 bits per heavy atom. The fourth-order valence-electron chi connectivity index (χ4n) is 2.80. The minimum absolute atomic E-state index is 0. The second-order valence-electron chi connectivity index (χ2n) is 5.62. The molecule has 2 rings (SSSR count). The van der Waals surface area contributed by atoms with Crippen LogP contribution in [0, 0.1) is 5.92 Å². The predicted octanol–water partition coefficient (Wildman–Crippen LogP) is 1.60. The second-order valence-corrected chi connectivity index (χ2v) is 5.62. The van der Waals surface area contributed by atoms with Gasteiger partial charge in [-0.05, 0) is 36.5 Å². The van der Waals surface area contributed by atoms with E-state index in [2.05, 4.69) is 10.6 Å². The fraction of sp³-hybridized carbons (Fsp3) is 0.500. The molecule has 0 radical (unpaired) electrons. The number of rotatable bonds is 5. The van der Waals surface area contributed by atoms with E-state index in [1.165, 1.54) is 0 Å². The van der Waals surface area contributed by atoms with E-state index in [0.717, 1.165) is 24.8 Å². The molecule has 0 heterocycles. The van der Waals surface area contributed by atoms with Crippen LogP contribution in [-0.4, -0.2) is 24.9 Å². The molecule has 1 fully saturated rings. The summed E-state index contributed by atoms with van der Waals surface area (Å²) in [7, 11) is 1.60. The van der Waals surface area contributed by atoms with Gasteiger partial charge in [0.15, 0.2) is 0 Å². The SMILES string of the molecule is CNC(=O)c1cccc(CNC(=O)C[C@@H]2CCC[C@H]2N)c1.Cl. The standard InChI is InChI=1S/C16H23N3O2.ClH/c1-18-16(21)13-6-2-4-11(8-13)10-19-15(20)9-12-5-3-7-14(12)17;/h2,4,6,8,12,14H,3,5,7,9-10,17H2,1H3,(H,18,21)(H,19,20);1H/t12-,14+;/m0./s1. The van der Waals surface area contributed by atoms with Gasteiger partial charge in [0.2, 0.25) is 5.91 Å². The van der Waals surface area contributed by atoms with Crippen LogP contribution in [0.2, 0.25) is 0 Å². The molecule has 1 aliphatic rings. The number of amides is 2. The lowest BCUT2D eigenvalue weighted by molar-refractivity contribution is -0.122. The Kier molecular flexibility index (Phi) is 7.35. The van der Waals surface area contributed by atoms with Crippen LogP contribution in [0.15, 0.2) is 24.3 Å². The minimum Gasteiger partial charge on any atom is -0.355 e. The van der Waals surface area contributed by atoms with Gasteiger partial charge in [0, 0.05) is 31.6 Å². The Labute approximate surface area is 137 Å². The number of carbonyl (C=O) groups excluding carboxylic acids is 2. The van der Waals surface area contributed by atoms with Gasteiger partial charge in [0.05, 0.1) is 0 Å². The molecule has 0 aromatic heterocycles. The van der Waals surface area contributed by atoms with Crippen LogP contribution in [0.4, 0.5) is 0 Å². The summed E-state index contributed by atoms with van der Waals surface area (Å²) in [6.45, 7) is 0.436. The van der Waals surface area contributed by atoms with Crippen LogP contribution < -0.4 is 16.4 Å². The Hall–Kier alpha value is -1.59. The maximum Gasteiger partial charge on any atom is 0.251 e. The molecule has 2 amide bonds. The van der Waals surface area contributed by atoms with Gasteiger partial charge >= 0.3 is 0 Å². The Bertz CT molecular complexity index is 522. The summed E-state index contributed by atoms with van der Waals surface area (Å²) < 4.78 is 0. The first-order chi connectivity index (χ1) is 10.1. The van der Waals surface area contributed by atoms with Gasteiger partial charge in [-0.15, -0.1) is 12.4 Å². The fourth-order valence-corrected chi connectivity index (χ4v) is 2.80. The normalized spacial score (nSPS) is 20.1. The van der Waals surface area contributed by atoms with Crippen molar-refractivity contribution in [2.45, 2.75) is 38.3 Å². The van der Waals surface area contributed by atoms with Gasteiger partial charge in [-0.1, -0.05) is 18.6 Å². The second kappa shape index (κ2) is 8.76. The first-order valence-corrected chi connectivity index (χ1v) is 7.43. The number of hydrogen-bond donors (Lipinski definition) is 3. The molecule has 0 spiro atoms. The molecular weight excluding hydrogens is 302 g/mol. The van der Waals surface area contributed by atoms with Crippen molar-refractivity contribution in [3.63, 3.8) is 0 Å². The number of carbonyl (C=O) groups is 2. The summed E-state index contributed by atoms with van der Waals surface area (Å²) in [4.78, 5) is 23.5. The van der Waals surface area contributed by atoms with Gasteiger partial charge in [-0.25, -0.2) is 0 Å². The van der Waals surface area contributed by atoms with Crippen molar-refractivity contribution in [1.29, 1.82) is 0 Å². The van der Waals surface area contributed by atoms with Gasteiger partial charge in [0.25, 0.3) is 5.91 Å². The molecule has 4 N–H and O–H groups in total. The highest BCUT2D eigenvalue weighted by Gasteiger charge is 2.25. The maximum atomic E-state index is 11.9. The highest BCUT2D eigenvalue weighted by Crippen LogP contribution is 2.26. The molecule has 122 valence electrons. The van der Waals surface area contributed by atoms with Crippen LogP contribution in [0.5, 0.6) is 0 Å². The lowest BCUT2D eigenvalue weighted by Crippen LogP contribution is -2.31. The van der Waals surface area contributed by atoms with Crippen molar-refractivity contribution in [3.05, 3.63) is 35.4 Å². The Morgan fingerprint density at radius 3 is 2.73 bits per heavy atom. The van der Waals surface area contributed by atoms with Crippen LogP contribution in [-0.2, 0) is 11.3 Å². The predicted molar refractivity (Wildman–Crippen MR) is 88.9 cm³/mol. The van der Waals surface area contributed by atoms with E-state index < -0.39 is 0 Å². The monoisotopic (exact) mass is 325 g/mol. The highest BCUT2D eigenvalue weighted by molar-refractivity contribution is 5.94. The van der Waals surface area contributed by atoms with Crippen LogP contribution in [0.25, 0.3) is 0 Å². The summed E-state index contributed by atoms with van der Waals surface area (Å²) >= 11 is 0. The summed E-state index contributed by atoms with van der Waals surface area (Å²) in [6.07, 6.45) is 3.68. The lowest BCUT2D eigenvalue weighted by atomic mass is 10.00. The smallest absolute Gasteiger partial charge is 0.251 e. The number of halogens is 1. The molecule has 5 nitrogen and oxygen atoms in total. The molecule has 1 aliphatic carbocycles. The molecular formula is C16H24ClN3O2. The third-order valence-corrected chi connectivity index (χ3v) is 4.07. The number of benzene rings is 1. The average molecular weight is 326 g/mol. The van der Waals surface area contributed by atoms with E-state index in [9.17, 15) is 9.59 Å². The van der Waals surface area contributed by atoms with Crippen LogP contribution >= 0.6 is 12.4 Å². The van der Waals surface area contributed by atoms with Crippen molar-refractivity contribution in [1.82, 2.24) is 10.6 Å². The summed E-state index contributed by atoms with van der Waals surface area (Å²) in [6, 6.07) is 7.42. The zero-order chi connectivity index (χ0) is 15.2. The van der Waals surface area contributed by atoms with E-state index >= 15 is 0 Å². The van der Waals surface area contributed by atoms with Gasteiger partial charge in [0.1, 0.15) is 0 Å². The molecule has 0 saturated heterocycles. The van der Waals surface area contributed by atoms with E-state index in [0.29, 0.717) is 24.4 Å². The molecule has 1 aromatic rings. The largest absolute Gasteiger partial charge is 0.355 e. The first kappa shape index (κ1) is 18.5. The average Bonchev–Trinajstić information content (AvgIpc) is 2.90. The molecule has 1 saturated carbocycles. The molecule has 2 atom stereocenters. The number of nitrogens with one attached hydrogen (secondary N) is 2. The summed E-state index contributed by atoms with van der Waals surface area (Å²) in [5.41, 5.74) is 7.49. The third-order valence-electron chi connectivity index (χ3n) is 4.07. The summed E-state index contributed by atoms with van der Waals surface area (Å²) in [5.74, 6) is 0.213. The molecule has 6 heteroatoms. The van der Waals surface area contributed by atoms with E-state index in [1.807, 2.05) is 12.1 Å². The third kappa shape index (κ3) is 5.00. The Morgan fingerprint density at radius 1 is 1.32 bits per heavy atom. The van der Waals surface area contributed by atoms with Crippen molar-refractivity contribution in [3.8, 4) is 0 Å². The maximum absolute atomic E-state index is 11.9. The molecule has 0 unspecified atom stereocenters. The van der Waals surface area contributed by atoms with Gasteiger partial charge in [-0.2, -0.15) is 0 Å². The molecule has 0 bridgehead atoms. The zero-order valence-corrected chi connectivity index (χ0v) is 13.6. The molecule has 0 aliphatic heterocycles. The van der Waals surface area contributed by atoms with E-state index in [1.54, 1.807) is 19.2 Å². The van der Waals surface area contributed by atoms with E-state index in [-0.39, 0.29) is 30.3 Å². The quantitative estimate of drug-likeness (QED) is 0.769. The number of hydrogen-bond acceptors (Lipinski definition) is 3. The van der Waals surface area contributed by atoms with Crippen LogP contribution in [0.1, 0.15) is 41.6 Å². The van der Waals surface area contributed by atoms with Crippen LogP contribution in [0.3, 0.4) is 0 Å². The number of nitrogens with two attached hydrogens (primary N) is 1. The summed E-state index contributed by atoms with van der Waals surface area (Å²) in [5, 5.41) is 5.49. The molecule has 22 heavy (non-hydrogen) atoms. The lowest BCUT2D eigenvalue weighted by Gasteiger charge is -2.14. The van der Waals surface area contributed by atoms with Crippen molar-refractivity contribution in [2.24, 2.45) is 11.7 Å². The van der Waals surface area contributed by atoms with Gasteiger partial charge in [-0.3, -0.25) is 9.59 Å². The highest BCUT2D eigenvalue weighted by atomic mass is 35.5. The van der Waals surface area contributed by atoms with Crippen molar-refractivity contribution >= 4 is 24.2 Å². The van der Waals surface area contributed by atoms with Gasteiger partial charge < -0.3 is 16.4 Å². The van der Waals surface area contributed by atoms with Crippen molar-refractivity contribution < 1.29 is 9.59 Å².